The van der Waals surface area contributed by atoms with Gasteiger partial charge in [0.1, 0.15) is 11.3 Å². The minimum Gasteiger partial charge on any atom is -0.319 e. The first-order valence-corrected chi connectivity index (χ1v) is 6.24. The lowest BCUT2D eigenvalue weighted by atomic mass is 9.77. The molecule has 90 valence electrons. The molecule has 4 nitrogen and oxygen atoms in total. The van der Waals surface area contributed by atoms with E-state index in [2.05, 4.69) is 23.4 Å². The summed E-state index contributed by atoms with van der Waals surface area (Å²) in [6.45, 7) is 4.31. The fourth-order valence-corrected chi connectivity index (χ4v) is 2.55. The highest BCUT2D eigenvalue weighted by molar-refractivity contribution is 5.71. The first-order chi connectivity index (χ1) is 8.12. The summed E-state index contributed by atoms with van der Waals surface area (Å²) in [4.78, 5) is 9.14. The summed E-state index contributed by atoms with van der Waals surface area (Å²) in [6.07, 6.45) is 5.08. The number of hydrogen-bond acceptors (Lipinski definition) is 3. The third kappa shape index (κ3) is 1.47. The molecule has 17 heavy (non-hydrogen) atoms. The highest BCUT2D eigenvalue weighted by Gasteiger charge is 2.39. The zero-order valence-electron chi connectivity index (χ0n) is 10.3. The molecule has 0 aliphatic heterocycles. The Bertz CT molecular complexity index is 552. The van der Waals surface area contributed by atoms with Crippen LogP contribution in [0, 0.1) is 0 Å². The summed E-state index contributed by atoms with van der Waals surface area (Å²) < 4.78 is 2.19. The van der Waals surface area contributed by atoms with Crippen molar-refractivity contribution in [3.05, 3.63) is 24.2 Å². The highest BCUT2D eigenvalue weighted by atomic mass is 15.2. The van der Waals surface area contributed by atoms with Crippen LogP contribution in [0.25, 0.3) is 11.2 Å². The molecule has 0 aromatic carbocycles. The van der Waals surface area contributed by atoms with Crippen molar-refractivity contribution in [2.45, 2.75) is 44.7 Å². The summed E-state index contributed by atoms with van der Waals surface area (Å²) >= 11 is 0. The molecule has 4 heteroatoms. The van der Waals surface area contributed by atoms with Crippen molar-refractivity contribution in [3.63, 3.8) is 0 Å². The smallest absolute Gasteiger partial charge is 0.160 e. The molecule has 2 N–H and O–H groups in total. The van der Waals surface area contributed by atoms with Gasteiger partial charge in [0.05, 0.1) is 5.54 Å². The van der Waals surface area contributed by atoms with Gasteiger partial charge in [-0.25, -0.2) is 9.97 Å². The highest BCUT2D eigenvalue weighted by Crippen LogP contribution is 2.40. The lowest BCUT2D eigenvalue weighted by Crippen LogP contribution is -2.45. The van der Waals surface area contributed by atoms with Crippen LogP contribution in [0.4, 0.5) is 0 Å². The van der Waals surface area contributed by atoms with Crippen LogP contribution in [0.1, 0.15) is 45.0 Å². The number of nitrogens with two attached hydrogens (primary N) is 1. The Kier molecular flexibility index (Phi) is 2.23. The summed E-state index contributed by atoms with van der Waals surface area (Å²) in [5.41, 5.74) is 8.09. The van der Waals surface area contributed by atoms with Gasteiger partial charge in [-0.15, -0.1) is 0 Å². The molecule has 1 saturated carbocycles. The minimum absolute atomic E-state index is 0.231. The van der Waals surface area contributed by atoms with Crippen LogP contribution in [0.2, 0.25) is 0 Å². The molecule has 1 fully saturated rings. The Morgan fingerprint density at radius 1 is 1.41 bits per heavy atom. The second-order valence-corrected chi connectivity index (χ2v) is 5.25. The maximum atomic E-state index is 6.42. The lowest BCUT2D eigenvalue weighted by molar-refractivity contribution is 0.228. The largest absolute Gasteiger partial charge is 0.319 e. The maximum absolute atomic E-state index is 6.42. The molecular weight excluding hydrogens is 212 g/mol. The van der Waals surface area contributed by atoms with E-state index < -0.39 is 0 Å². The average Bonchev–Trinajstić information content (AvgIpc) is 2.65. The second kappa shape index (κ2) is 3.53. The van der Waals surface area contributed by atoms with E-state index in [1.807, 2.05) is 18.3 Å². The van der Waals surface area contributed by atoms with E-state index in [1.165, 1.54) is 6.42 Å². The molecule has 0 amide bonds. The van der Waals surface area contributed by atoms with Gasteiger partial charge in [-0.3, -0.25) is 0 Å². The topological polar surface area (TPSA) is 56.7 Å². The van der Waals surface area contributed by atoms with Crippen molar-refractivity contribution in [2.24, 2.45) is 5.73 Å². The average molecular weight is 230 g/mol. The van der Waals surface area contributed by atoms with E-state index in [0.29, 0.717) is 6.04 Å². The monoisotopic (exact) mass is 230 g/mol. The summed E-state index contributed by atoms with van der Waals surface area (Å²) in [5.74, 6) is 1.01. The SMILES string of the molecule is CC(C)n1c(C2(N)CCC2)nc2cccnc21. The molecule has 2 aromatic heterocycles. The fraction of sp³-hybridized carbons (Fsp3) is 0.538. The van der Waals surface area contributed by atoms with E-state index in [1.54, 1.807) is 0 Å². The Balaban J connectivity index is 2.26. The van der Waals surface area contributed by atoms with Gasteiger partial charge in [0, 0.05) is 12.2 Å². The van der Waals surface area contributed by atoms with Crippen LogP contribution in [-0.4, -0.2) is 14.5 Å². The molecule has 0 bridgehead atoms. The van der Waals surface area contributed by atoms with E-state index in [0.717, 1.165) is 29.8 Å². The molecule has 1 aliphatic carbocycles. The number of rotatable bonds is 2. The minimum atomic E-state index is -0.231. The molecular formula is C13H18N4. The molecule has 2 aromatic rings. The first-order valence-electron chi connectivity index (χ1n) is 6.24. The van der Waals surface area contributed by atoms with Crippen molar-refractivity contribution in [1.82, 2.24) is 14.5 Å². The summed E-state index contributed by atoms with van der Waals surface area (Å²) in [7, 11) is 0. The van der Waals surface area contributed by atoms with Crippen LogP contribution >= 0.6 is 0 Å². The Labute approximate surface area is 101 Å². The predicted octanol–water partition coefficient (Wildman–Crippen LogP) is 2.35. The van der Waals surface area contributed by atoms with E-state index in [4.69, 9.17) is 10.7 Å². The van der Waals surface area contributed by atoms with Gasteiger partial charge < -0.3 is 10.3 Å². The number of nitrogens with zero attached hydrogens (tertiary/aromatic N) is 3. The maximum Gasteiger partial charge on any atom is 0.160 e. The van der Waals surface area contributed by atoms with Gasteiger partial charge in [-0.05, 0) is 45.2 Å². The Morgan fingerprint density at radius 3 is 2.76 bits per heavy atom. The fourth-order valence-electron chi connectivity index (χ4n) is 2.55. The van der Waals surface area contributed by atoms with E-state index in [9.17, 15) is 0 Å². The second-order valence-electron chi connectivity index (χ2n) is 5.25. The zero-order valence-corrected chi connectivity index (χ0v) is 10.3. The standard InChI is InChI=1S/C13H18N4/c1-9(2)17-11-10(5-3-8-15-11)16-12(17)13(14)6-4-7-13/h3,5,8-9H,4,6-7,14H2,1-2H3. The van der Waals surface area contributed by atoms with Crippen molar-refractivity contribution in [2.75, 3.05) is 0 Å². The Morgan fingerprint density at radius 2 is 2.18 bits per heavy atom. The van der Waals surface area contributed by atoms with E-state index in [-0.39, 0.29) is 5.54 Å². The Hall–Kier alpha value is -1.42. The molecule has 0 spiro atoms. The normalized spacial score (nSPS) is 18.6. The van der Waals surface area contributed by atoms with Crippen molar-refractivity contribution < 1.29 is 0 Å². The third-order valence-corrected chi connectivity index (χ3v) is 3.66. The van der Waals surface area contributed by atoms with Crippen molar-refractivity contribution in [1.29, 1.82) is 0 Å². The lowest BCUT2D eigenvalue weighted by Gasteiger charge is -2.38. The van der Waals surface area contributed by atoms with Gasteiger partial charge in [-0.1, -0.05) is 0 Å². The zero-order chi connectivity index (χ0) is 12.0. The van der Waals surface area contributed by atoms with Crippen LogP contribution in [0.15, 0.2) is 18.3 Å². The van der Waals surface area contributed by atoms with Crippen LogP contribution in [-0.2, 0) is 5.54 Å². The van der Waals surface area contributed by atoms with Crippen LogP contribution in [0.5, 0.6) is 0 Å². The third-order valence-electron chi connectivity index (χ3n) is 3.66. The molecule has 2 heterocycles. The first kappa shape index (κ1) is 10.7. The van der Waals surface area contributed by atoms with Crippen molar-refractivity contribution >= 4 is 11.2 Å². The van der Waals surface area contributed by atoms with Crippen LogP contribution in [0.3, 0.4) is 0 Å². The molecule has 0 saturated heterocycles. The molecule has 0 atom stereocenters. The number of aromatic nitrogens is 3. The number of hydrogen-bond donors (Lipinski definition) is 1. The number of imidazole rings is 1. The van der Waals surface area contributed by atoms with Gasteiger partial charge in [0.25, 0.3) is 0 Å². The number of pyridine rings is 1. The van der Waals surface area contributed by atoms with Gasteiger partial charge in [0.15, 0.2) is 5.65 Å². The summed E-state index contributed by atoms with van der Waals surface area (Å²) in [5, 5.41) is 0. The van der Waals surface area contributed by atoms with E-state index >= 15 is 0 Å². The van der Waals surface area contributed by atoms with Gasteiger partial charge in [-0.2, -0.15) is 0 Å². The van der Waals surface area contributed by atoms with Crippen LogP contribution < -0.4 is 5.73 Å². The summed E-state index contributed by atoms with van der Waals surface area (Å²) in [6, 6.07) is 4.27. The molecule has 0 radical (unpaired) electrons. The molecule has 0 unspecified atom stereocenters. The number of fused-ring (bicyclic) bond motifs is 1. The van der Waals surface area contributed by atoms with Crippen molar-refractivity contribution in [3.8, 4) is 0 Å². The molecule has 1 aliphatic rings. The van der Waals surface area contributed by atoms with Gasteiger partial charge >= 0.3 is 0 Å². The van der Waals surface area contributed by atoms with Gasteiger partial charge in [0.2, 0.25) is 0 Å². The quantitative estimate of drug-likeness (QED) is 0.861. The molecule has 3 rings (SSSR count). The predicted molar refractivity (Wildman–Crippen MR) is 67.6 cm³/mol.